The first kappa shape index (κ1) is 13.5. The molecule has 1 aliphatic rings. The third-order valence-corrected chi connectivity index (χ3v) is 3.46. The van der Waals surface area contributed by atoms with Gasteiger partial charge in [0.1, 0.15) is 0 Å². The van der Waals surface area contributed by atoms with Crippen LogP contribution in [-0.2, 0) is 11.2 Å². The topological polar surface area (TPSA) is 65.0 Å². The van der Waals surface area contributed by atoms with Gasteiger partial charge in [-0.05, 0) is 36.5 Å². The first-order valence-electron chi connectivity index (χ1n) is 6.12. The quantitative estimate of drug-likeness (QED) is 0.852. The molecule has 104 valence electrons. The summed E-state index contributed by atoms with van der Waals surface area (Å²) in [7, 11) is 4.69. The van der Waals surface area contributed by atoms with E-state index in [1.54, 1.807) is 21.3 Å². The second-order valence-electron chi connectivity index (χ2n) is 4.68. The molecule has 0 amide bonds. The van der Waals surface area contributed by atoms with Crippen LogP contribution in [0.1, 0.15) is 12.0 Å². The smallest absolute Gasteiger partial charge is 0.306 e. The summed E-state index contributed by atoms with van der Waals surface area (Å²) in [6.07, 6.45) is 1.46. The van der Waals surface area contributed by atoms with Gasteiger partial charge in [0.2, 0.25) is 5.75 Å². The van der Waals surface area contributed by atoms with Gasteiger partial charge in [-0.15, -0.1) is 0 Å². The van der Waals surface area contributed by atoms with Crippen LogP contribution in [0.2, 0.25) is 0 Å². The number of ether oxygens (including phenoxy) is 3. The fraction of sp³-hybridized carbons (Fsp3) is 0.500. The van der Waals surface area contributed by atoms with Gasteiger partial charge < -0.3 is 19.3 Å². The van der Waals surface area contributed by atoms with E-state index in [1.807, 2.05) is 12.1 Å². The highest BCUT2D eigenvalue weighted by Gasteiger charge is 2.42. The third-order valence-electron chi connectivity index (χ3n) is 3.46. The summed E-state index contributed by atoms with van der Waals surface area (Å²) in [5.41, 5.74) is 1.00. The number of methoxy groups -OCH3 is 3. The summed E-state index contributed by atoms with van der Waals surface area (Å²) in [5, 5.41) is 8.92. The van der Waals surface area contributed by atoms with E-state index >= 15 is 0 Å². The van der Waals surface area contributed by atoms with E-state index in [-0.39, 0.29) is 11.8 Å². The van der Waals surface area contributed by atoms with E-state index < -0.39 is 5.97 Å². The molecule has 0 bridgehead atoms. The average Bonchev–Trinajstić information content (AvgIpc) is 3.16. The Labute approximate surface area is 112 Å². The van der Waals surface area contributed by atoms with E-state index in [4.69, 9.17) is 19.3 Å². The lowest BCUT2D eigenvalue weighted by atomic mass is 10.1. The summed E-state index contributed by atoms with van der Waals surface area (Å²) >= 11 is 0. The minimum atomic E-state index is -0.711. The number of hydrogen-bond donors (Lipinski definition) is 1. The molecule has 2 unspecified atom stereocenters. The SMILES string of the molecule is COc1cc(CC2CC2C(=O)O)cc(OC)c1OC. The Balaban J connectivity index is 2.20. The normalized spacial score (nSPS) is 20.8. The first-order valence-corrected chi connectivity index (χ1v) is 6.12. The summed E-state index contributed by atoms with van der Waals surface area (Å²) in [5.74, 6) is 1.05. The molecule has 1 N–H and O–H groups in total. The molecule has 0 heterocycles. The van der Waals surface area contributed by atoms with Crippen LogP contribution >= 0.6 is 0 Å². The van der Waals surface area contributed by atoms with Gasteiger partial charge >= 0.3 is 5.97 Å². The minimum absolute atomic E-state index is 0.209. The van der Waals surface area contributed by atoms with Crippen LogP contribution in [0.5, 0.6) is 17.2 Å². The summed E-state index contributed by atoms with van der Waals surface area (Å²) in [4.78, 5) is 10.8. The molecule has 19 heavy (non-hydrogen) atoms. The Morgan fingerprint density at radius 3 is 2.16 bits per heavy atom. The number of aliphatic carboxylic acids is 1. The number of hydrogen-bond acceptors (Lipinski definition) is 4. The van der Waals surface area contributed by atoms with Crippen molar-refractivity contribution in [2.75, 3.05) is 21.3 Å². The minimum Gasteiger partial charge on any atom is -0.493 e. The molecular formula is C14H18O5. The molecule has 1 aromatic rings. The summed E-state index contributed by atoms with van der Waals surface area (Å²) in [6.45, 7) is 0. The molecule has 2 atom stereocenters. The Morgan fingerprint density at radius 2 is 1.79 bits per heavy atom. The molecule has 0 aromatic heterocycles. The van der Waals surface area contributed by atoms with Crippen molar-refractivity contribution in [1.29, 1.82) is 0 Å². The van der Waals surface area contributed by atoms with E-state index in [2.05, 4.69) is 0 Å². The predicted octanol–water partition coefficient (Wildman–Crippen LogP) is 1.98. The molecule has 5 nitrogen and oxygen atoms in total. The lowest BCUT2D eigenvalue weighted by Crippen LogP contribution is -2.02. The maximum atomic E-state index is 10.8. The highest BCUT2D eigenvalue weighted by molar-refractivity contribution is 5.73. The Hall–Kier alpha value is -1.91. The van der Waals surface area contributed by atoms with E-state index in [0.29, 0.717) is 23.7 Å². The number of carboxylic acid groups (broad SMARTS) is 1. The monoisotopic (exact) mass is 266 g/mol. The molecule has 1 fully saturated rings. The summed E-state index contributed by atoms with van der Waals surface area (Å²) < 4.78 is 15.8. The zero-order chi connectivity index (χ0) is 14.0. The van der Waals surface area contributed by atoms with Gasteiger partial charge in [0, 0.05) is 0 Å². The molecule has 1 aromatic carbocycles. The molecule has 0 aliphatic heterocycles. The van der Waals surface area contributed by atoms with Crippen molar-refractivity contribution in [1.82, 2.24) is 0 Å². The molecule has 0 radical (unpaired) electrons. The lowest BCUT2D eigenvalue weighted by Gasteiger charge is -2.14. The Morgan fingerprint density at radius 1 is 1.21 bits per heavy atom. The van der Waals surface area contributed by atoms with Crippen molar-refractivity contribution in [3.05, 3.63) is 17.7 Å². The van der Waals surface area contributed by atoms with Gasteiger partial charge in [0.05, 0.1) is 27.2 Å². The van der Waals surface area contributed by atoms with Crippen molar-refractivity contribution in [2.24, 2.45) is 11.8 Å². The fourth-order valence-electron chi connectivity index (χ4n) is 2.33. The van der Waals surface area contributed by atoms with Crippen molar-refractivity contribution in [3.63, 3.8) is 0 Å². The van der Waals surface area contributed by atoms with Gasteiger partial charge in [-0.25, -0.2) is 0 Å². The first-order chi connectivity index (χ1) is 9.10. The van der Waals surface area contributed by atoms with Gasteiger partial charge in [-0.1, -0.05) is 0 Å². The number of carboxylic acids is 1. The molecular weight excluding hydrogens is 248 g/mol. The van der Waals surface area contributed by atoms with Crippen molar-refractivity contribution < 1.29 is 24.1 Å². The molecule has 1 aliphatic carbocycles. The standard InChI is InChI=1S/C14H18O5/c1-17-11-5-8(4-9-7-10(9)14(15)16)6-12(18-2)13(11)19-3/h5-6,9-10H,4,7H2,1-3H3,(H,15,16). The molecule has 0 saturated heterocycles. The maximum Gasteiger partial charge on any atom is 0.306 e. The Bertz CT molecular complexity index is 458. The predicted molar refractivity (Wildman–Crippen MR) is 69.0 cm³/mol. The van der Waals surface area contributed by atoms with Gasteiger partial charge in [0.25, 0.3) is 0 Å². The molecule has 2 rings (SSSR count). The van der Waals surface area contributed by atoms with Gasteiger partial charge in [0.15, 0.2) is 11.5 Å². The third kappa shape index (κ3) is 2.75. The highest BCUT2D eigenvalue weighted by atomic mass is 16.5. The van der Waals surface area contributed by atoms with Crippen molar-refractivity contribution >= 4 is 5.97 Å². The van der Waals surface area contributed by atoms with Crippen LogP contribution < -0.4 is 14.2 Å². The number of benzene rings is 1. The molecule has 0 spiro atoms. The average molecular weight is 266 g/mol. The van der Waals surface area contributed by atoms with E-state index in [0.717, 1.165) is 12.0 Å². The zero-order valence-electron chi connectivity index (χ0n) is 11.3. The molecule has 5 heteroatoms. The largest absolute Gasteiger partial charge is 0.493 e. The number of rotatable bonds is 6. The van der Waals surface area contributed by atoms with Crippen LogP contribution in [0.3, 0.4) is 0 Å². The van der Waals surface area contributed by atoms with Crippen LogP contribution in [-0.4, -0.2) is 32.4 Å². The zero-order valence-corrected chi connectivity index (χ0v) is 11.3. The van der Waals surface area contributed by atoms with E-state index in [9.17, 15) is 4.79 Å². The van der Waals surface area contributed by atoms with Crippen LogP contribution in [0.25, 0.3) is 0 Å². The second kappa shape index (κ2) is 5.38. The van der Waals surface area contributed by atoms with Crippen molar-refractivity contribution in [3.8, 4) is 17.2 Å². The van der Waals surface area contributed by atoms with Gasteiger partial charge in [-0.2, -0.15) is 0 Å². The van der Waals surface area contributed by atoms with Crippen LogP contribution in [0, 0.1) is 11.8 Å². The van der Waals surface area contributed by atoms with Gasteiger partial charge in [-0.3, -0.25) is 4.79 Å². The number of carbonyl (C=O) groups is 1. The summed E-state index contributed by atoms with van der Waals surface area (Å²) in [6, 6.07) is 3.75. The van der Waals surface area contributed by atoms with Crippen molar-refractivity contribution in [2.45, 2.75) is 12.8 Å². The fourth-order valence-corrected chi connectivity index (χ4v) is 2.33. The Kier molecular flexibility index (Phi) is 3.83. The maximum absolute atomic E-state index is 10.8. The van der Waals surface area contributed by atoms with Crippen LogP contribution in [0.4, 0.5) is 0 Å². The highest BCUT2D eigenvalue weighted by Crippen LogP contribution is 2.44. The van der Waals surface area contributed by atoms with Crippen LogP contribution in [0.15, 0.2) is 12.1 Å². The molecule has 1 saturated carbocycles. The second-order valence-corrected chi connectivity index (χ2v) is 4.68. The van der Waals surface area contributed by atoms with E-state index in [1.165, 1.54) is 0 Å². The lowest BCUT2D eigenvalue weighted by molar-refractivity contribution is -0.138.